The van der Waals surface area contributed by atoms with Gasteiger partial charge in [0.1, 0.15) is 11.6 Å². The zero-order chi connectivity index (χ0) is 19.8. The predicted molar refractivity (Wildman–Crippen MR) is 109 cm³/mol. The molecular formula is C17H24F3IN4O3. The summed E-state index contributed by atoms with van der Waals surface area (Å²) < 4.78 is 48.0. The lowest BCUT2D eigenvalue weighted by atomic mass is 10.1. The average molecular weight is 516 g/mol. The molecule has 2 rings (SSSR count). The van der Waals surface area contributed by atoms with Crippen LogP contribution in [0.2, 0.25) is 0 Å². The van der Waals surface area contributed by atoms with E-state index < -0.39 is 12.4 Å². The number of aliphatic imine (C=N–C) groups is 1. The second-order valence-corrected chi connectivity index (χ2v) is 5.90. The van der Waals surface area contributed by atoms with Crippen LogP contribution in [0.25, 0.3) is 0 Å². The molecule has 0 unspecified atom stereocenters. The van der Waals surface area contributed by atoms with E-state index in [1.54, 1.807) is 11.8 Å². The number of amides is 1. The van der Waals surface area contributed by atoms with Gasteiger partial charge in [-0.15, -0.1) is 24.0 Å². The van der Waals surface area contributed by atoms with Gasteiger partial charge in [0.15, 0.2) is 5.96 Å². The summed E-state index contributed by atoms with van der Waals surface area (Å²) in [6.07, 6.45) is 0.951. The van der Waals surface area contributed by atoms with E-state index in [0.29, 0.717) is 32.5 Å². The molecule has 1 amide bonds. The van der Waals surface area contributed by atoms with Gasteiger partial charge in [0.2, 0.25) is 0 Å². The molecule has 3 N–H and O–H groups in total. The van der Waals surface area contributed by atoms with Crippen molar-refractivity contribution in [1.82, 2.24) is 10.2 Å². The van der Waals surface area contributed by atoms with Crippen molar-refractivity contribution in [3.63, 3.8) is 0 Å². The number of carbonyl (C=O) groups is 1. The molecule has 0 atom stereocenters. The largest absolute Gasteiger partial charge is 0.450 e. The number of ether oxygens (including phenoxy) is 2. The van der Waals surface area contributed by atoms with Gasteiger partial charge < -0.3 is 25.4 Å². The zero-order valence-corrected chi connectivity index (χ0v) is 17.7. The van der Waals surface area contributed by atoms with Gasteiger partial charge in [0, 0.05) is 19.1 Å². The van der Waals surface area contributed by atoms with Crippen LogP contribution in [0.4, 0.5) is 18.0 Å². The molecule has 1 aliphatic heterocycles. The number of guanidine groups is 1. The summed E-state index contributed by atoms with van der Waals surface area (Å²) in [5.41, 5.74) is 5.72. The predicted octanol–water partition coefficient (Wildman–Crippen LogP) is 3.07. The van der Waals surface area contributed by atoms with E-state index in [2.05, 4.69) is 15.0 Å². The summed E-state index contributed by atoms with van der Waals surface area (Å²) in [6, 6.07) is 3.66. The number of carbonyl (C=O) groups excluding carboxylic acids is 1. The first kappa shape index (κ1) is 24.1. The third kappa shape index (κ3) is 7.24. The van der Waals surface area contributed by atoms with Crippen LogP contribution in [0, 0.1) is 5.82 Å². The third-order valence-corrected chi connectivity index (χ3v) is 4.07. The van der Waals surface area contributed by atoms with E-state index in [0.717, 1.165) is 6.07 Å². The number of likely N-dealkylation sites (tertiary alicyclic amines) is 1. The van der Waals surface area contributed by atoms with E-state index >= 15 is 0 Å². The SMILES string of the molecule is CCOC(=O)N1CCC(NC(N)=NCc2c(F)cccc2OC(F)F)CC1.I. The van der Waals surface area contributed by atoms with Gasteiger partial charge in [-0.2, -0.15) is 8.78 Å². The van der Waals surface area contributed by atoms with Crippen LogP contribution in [0.15, 0.2) is 23.2 Å². The maximum atomic E-state index is 13.9. The number of alkyl halides is 2. The molecular weight excluding hydrogens is 492 g/mol. The van der Waals surface area contributed by atoms with Crippen molar-refractivity contribution in [3.05, 3.63) is 29.6 Å². The standard InChI is InChI=1S/C17H23F3N4O3.HI/c1-2-26-17(25)24-8-6-11(7-9-24)23-16(21)22-10-12-13(18)4-3-5-14(12)27-15(19)20;/h3-5,11,15H,2,6-10H2,1H3,(H3,21,22,23);1H. The number of hydrogen-bond acceptors (Lipinski definition) is 4. The molecule has 0 aromatic heterocycles. The first-order valence-corrected chi connectivity index (χ1v) is 8.61. The highest BCUT2D eigenvalue weighted by molar-refractivity contribution is 14.0. The molecule has 0 aliphatic carbocycles. The summed E-state index contributed by atoms with van der Waals surface area (Å²) in [5, 5.41) is 3.00. The maximum Gasteiger partial charge on any atom is 0.409 e. The molecule has 1 heterocycles. The molecule has 1 aromatic carbocycles. The lowest BCUT2D eigenvalue weighted by Crippen LogP contribution is -2.48. The minimum atomic E-state index is -3.06. The Morgan fingerprint density at radius 3 is 2.68 bits per heavy atom. The molecule has 1 aromatic rings. The van der Waals surface area contributed by atoms with E-state index in [9.17, 15) is 18.0 Å². The van der Waals surface area contributed by atoms with E-state index in [4.69, 9.17) is 10.5 Å². The Morgan fingerprint density at radius 2 is 2.07 bits per heavy atom. The fourth-order valence-corrected chi connectivity index (χ4v) is 2.74. The monoisotopic (exact) mass is 516 g/mol. The highest BCUT2D eigenvalue weighted by Gasteiger charge is 2.23. The number of nitrogens with one attached hydrogen (secondary N) is 1. The van der Waals surface area contributed by atoms with E-state index in [1.165, 1.54) is 12.1 Å². The van der Waals surface area contributed by atoms with Crippen LogP contribution in [0.3, 0.4) is 0 Å². The Morgan fingerprint density at radius 1 is 1.39 bits per heavy atom. The first-order valence-electron chi connectivity index (χ1n) is 8.61. The summed E-state index contributed by atoms with van der Waals surface area (Å²) in [5.74, 6) is -0.910. The Bertz CT molecular complexity index is 671. The van der Waals surface area contributed by atoms with Crippen LogP contribution < -0.4 is 15.8 Å². The van der Waals surface area contributed by atoms with Gasteiger partial charge in [0.25, 0.3) is 0 Å². The molecule has 0 saturated carbocycles. The quantitative estimate of drug-likeness (QED) is 0.345. The zero-order valence-electron chi connectivity index (χ0n) is 15.4. The Kier molecular flexibility index (Phi) is 10.2. The average Bonchev–Trinajstić information content (AvgIpc) is 2.61. The minimum absolute atomic E-state index is 0. The van der Waals surface area contributed by atoms with Gasteiger partial charge in [-0.25, -0.2) is 14.2 Å². The maximum absolute atomic E-state index is 13.9. The van der Waals surface area contributed by atoms with Crippen molar-refractivity contribution in [2.45, 2.75) is 39.0 Å². The van der Waals surface area contributed by atoms with Crippen LogP contribution >= 0.6 is 24.0 Å². The van der Waals surface area contributed by atoms with E-state index in [1.807, 2.05) is 0 Å². The highest BCUT2D eigenvalue weighted by Crippen LogP contribution is 2.24. The van der Waals surface area contributed by atoms with Crippen molar-refractivity contribution in [1.29, 1.82) is 0 Å². The van der Waals surface area contributed by atoms with E-state index in [-0.39, 0.29) is 59.9 Å². The molecule has 158 valence electrons. The van der Waals surface area contributed by atoms with Gasteiger partial charge >= 0.3 is 12.7 Å². The number of rotatable bonds is 6. The van der Waals surface area contributed by atoms with Crippen molar-refractivity contribution in [3.8, 4) is 5.75 Å². The number of hydrogen-bond donors (Lipinski definition) is 2. The van der Waals surface area contributed by atoms with Crippen LogP contribution in [-0.2, 0) is 11.3 Å². The van der Waals surface area contributed by atoms with Crippen LogP contribution in [0.5, 0.6) is 5.75 Å². The van der Waals surface area contributed by atoms with Gasteiger partial charge in [-0.05, 0) is 31.9 Å². The van der Waals surface area contributed by atoms with Gasteiger partial charge in [0.05, 0.1) is 18.7 Å². The van der Waals surface area contributed by atoms with Crippen molar-refractivity contribution in [2.75, 3.05) is 19.7 Å². The molecule has 1 saturated heterocycles. The number of benzene rings is 1. The van der Waals surface area contributed by atoms with Crippen molar-refractivity contribution >= 4 is 36.0 Å². The number of nitrogens with zero attached hydrogens (tertiary/aromatic N) is 2. The summed E-state index contributed by atoms with van der Waals surface area (Å²) in [7, 11) is 0. The Balaban J connectivity index is 0.00000392. The lowest BCUT2D eigenvalue weighted by Gasteiger charge is -2.31. The number of halogens is 4. The lowest BCUT2D eigenvalue weighted by molar-refractivity contribution is -0.0506. The normalized spacial score (nSPS) is 15.2. The molecule has 1 aliphatic rings. The number of nitrogens with two attached hydrogens (primary N) is 1. The highest BCUT2D eigenvalue weighted by atomic mass is 127. The Hall–Kier alpha value is -1.92. The fraction of sp³-hybridized carbons (Fsp3) is 0.529. The molecule has 7 nitrogen and oxygen atoms in total. The fourth-order valence-electron chi connectivity index (χ4n) is 2.74. The summed E-state index contributed by atoms with van der Waals surface area (Å²) in [6.45, 7) is -0.197. The number of piperidine rings is 1. The molecule has 1 fully saturated rings. The molecule has 11 heteroatoms. The summed E-state index contributed by atoms with van der Waals surface area (Å²) in [4.78, 5) is 17.3. The third-order valence-electron chi connectivity index (χ3n) is 4.07. The molecule has 28 heavy (non-hydrogen) atoms. The van der Waals surface area contributed by atoms with Gasteiger partial charge in [-0.3, -0.25) is 0 Å². The molecule has 0 radical (unpaired) electrons. The van der Waals surface area contributed by atoms with Crippen molar-refractivity contribution in [2.24, 2.45) is 10.7 Å². The Labute approximate surface area is 178 Å². The second-order valence-electron chi connectivity index (χ2n) is 5.90. The van der Waals surface area contributed by atoms with Crippen LogP contribution in [-0.4, -0.2) is 49.3 Å². The smallest absolute Gasteiger partial charge is 0.409 e. The van der Waals surface area contributed by atoms with Crippen LogP contribution in [0.1, 0.15) is 25.3 Å². The van der Waals surface area contributed by atoms with Crippen molar-refractivity contribution < 1.29 is 27.4 Å². The molecule has 0 bridgehead atoms. The minimum Gasteiger partial charge on any atom is -0.450 e. The topological polar surface area (TPSA) is 89.2 Å². The first-order chi connectivity index (χ1) is 12.9. The summed E-state index contributed by atoms with van der Waals surface area (Å²) >= 11 is 0. The molecule has 0 spiro atoms. The van der Waals surface area contributed by atoms with Gasteiger partial charge in [-0.1, -0.05) is 6.07 Å². The second kappa shape index (κ2) is 11.8.